The molecule has 0 fully saturated rings. The van der Waals surface area contributed by atoms with Gasteiger partial charge in [0, 0.05) is 7.05 Å². The van der Waals surface area contributed by atoms with Crippen LogP contribution in [0.25, 0.3) is 0 Å². The smallest absolute Gasteiger partial charge is 0.123 e. The number of halogens is 1. The topological polar surface area (TPSA) is 14.1 Å². The highest BCUT2D eigenvalue weighted by Crippen LogP contribution is 2.06. The van der Waals surface area contributed by atoms with Crippen molar-refractivity contribution in [2.45, 2.75) is 0 Å². The van der Waals surface area contributed by atoms with Gasteiger partial charge in [-0.15, -0.1) is 0 Å². The molecular weight excluding hydrogens is 117 g/mol. The predicted molar refractivity (Wildman–Crippen MR) is 34.1 cm³/mol. The molecule has 0 spiro atoms. The molecule has 47 valence electrons. The van der Waals surface area contributed by atoms with Gasteiger partial charge in [-0.05, 0) is 24.3 Å². The zero-order valence-electron chi connectivity index (χ0n) is 5.13. The van der Waals surface area contributed by atoms with E-state index in [-0.39, 0.29) is 5.82 Å². The number of benzene rings is 1. The lowest BCUT2D eigenvalue weighted by molar-refractivity contribution is 0.627. The third-order valence-electron chi connectivity index (χ3n) is 1.08. The monoisotopic (exact) mass is 124 g/mol. The summed E-state index contributed by atoms with van der Waals surface area (Å²) < 4.78 is 12.2. The molecule has 0 aromatic heterocycles. The molecule has 0 amide bonds. The van der Waals surface area contributed by atoms with Crippen LogP contribution in [0.4, 0.5) is 10.1 Å². The standard InChI is InChI=1S/C7H7FN/c1-9-7-4-2-6(8)3-5-7/h2-5H,1H3. The van der Waals surface area contributed by atoms with Gasteiger partial charge in [0.05, 0.1) is 5.69 Å². The molecule has 1 aromatic rings. The van der Waals surface area contributed by atoms with Crippen LogP contribution in [-0.4, -0.2) is 7.05 Å². The summed E-state index contributed by atoms with van der Waals surface area (Å²) in [5.41, 5.74) is 0.802. The number of hydrogen-bond acceptors (Lipinski definition) is 0. The molecule has 0 N–H and O–H groups in total. The molecule has 0 saturated carbocycles. The van der Waals surface area contributed by atoms with E-state index in [0.717, 1.165) is 5.69 Å². The van der Waals surface area contributed by atoms with Gasteiger partial charge in [0.15, 0.2) is 0 Å². The summed E-state index contributed by atoms with van der Waals surface area (Å²) in [4.78, 5) is 0. The molecule has 1 radical (unpaired) electrons. The van der Waals surface area contributed by atoms with Crippen molar-refractivity contribution in [3.63, 3.8) is 0 Å². The first-order valence-electron chi connectivity index (χ1n) is 2.68. The minimum Gasteiger partial charge on any atom is -0.289 e. The van der Waals surface area contributed by atoms with E-state index in [9.17, 15) is 4.39 Å². The van der Waals surface area contributed by atoms with Crippen LogP contribution >= 0.6 is 0 Å². The van der Waals surface area contributed by atoms with Crippen molar-refractivity contribution in [2.24, 2.45) is 0 Å². The van der Waals surface area contributed by atoms with Gasteiger partial charge in [-0.2, -0.15) is 0 Å². The number of nitrogens with zero attached hydrogens (tertiary/aromatic N) is 1. The summed E-state index contributed by atoms with van der Waals surface area (Å²) in [6.45, 7) is 0. The summed E-state index contributed by atoms with van der Waals surface area (Å²) in [6.07, 6.45) is 0. The molecule has 0 aliphatic rings. The van der Waals surface area contributed by atoms with Gasteiger partial charge in [-0.3, -0.25) is 5.32 Å². The summed E-state index contributed by atoms with van der Waals surface area (Å²) in [5.74, 6) is -0.220. The second-order valence-corrected chi connectivity index (χ2v) is 1.70. The van der Waals surface area contributed by atoms with E-state index in [0.29, 0.717) is 0 Å². The van der Waals surface area contributed by atoms with Crippen LogP contribution in [0.2, 0.25) is 0 Å². The average molecular weight is 124 g/mol. The predicted octanol–water partition coefficient (Wildman–Crippen LogP) is 1.69. The van der Waals surface area contributed by atoms with Crippen molar-refractivity contribution in [1.29, 1.82) is 0 Å². The summed E-state index contributed by atoms with van der Waals surface area (Å²) in [7, 11) is 1.67. The Bertz CT molecular complexity index is 181. The van der Waals surface area contributed by atoms with Crippen LogP contribution in [0.3, 0.4) is 0 Å². The van der Waals surface area contributed by atoms with Crippen LogP contribution in [0.1, 0.15) is 0 Å². The maximum atomic E-state index is 12.2. The Morgan fingerprint density at radius 3 is 2.22 bits per heavy atom. The highest BCUT2D eigenvalue weighted by atomic mass is 19.1. The minimum atomic E-state index is -0.220. The third kappa shape index (κ3) is 1.42. The van der Waals surface area contributed by atoms with Gasteiger partial charge in [-0.25, -0.2) is 4.39 Å². The van der Waals surface area contributed by atoms with Gasteiger partial charge < -0.3 is 0 Å². The third-order valence-corrected chi connectivity index (χ3v) is 1.08. The lowest BCUT2D eigenvalue weighted by Gasteiger charge is -1.92. The first-order valence-corrected chi connectivity index (χ1v) is 2.68. The minimum absolute atomic E-state index is 0.220. The lowest BCUT2D eigenvalue weighted by Crippen LogP contribution is -1.84. The van der Waals surface area contributed by atoms with E-state index in [1.54, 1.807) is 19.2 Å². The molecule has 0 atom stereocenters. The Hall–Kier alpha value is -1.05. The fourth-order valence-corrected chi connectivity index (χ4v) is 0.590. The highest BCUT2D eigenvalue weighted by Gasteiger charge is 1.88. The molecule has 9 heavy (non-hydrogen) atoms. The molecule has 0 aliphatic carbocycles. The largest absolute Gasteiger partial charge is 0.289 e. The fourth-order valence-electron chi connectivity index (χ4n) is 0.590. The van der Waals surface area contributed by atoms with E-state index >= 15 is 0 Å². The molecule has 1 rings (SSSR count). The normalized spacial score (nSPS) is 9.11. The Balaban J connectivity index is 2.88. The van der Waals surface area contributed by atoms with Crippen molar-refractivity contribution < 1.29 is 4.39 Å². The molecule has 0 unspecified atom stereocenters. The number of hydrogen-bond donors (Lipinski definition) is 0. The Morgan fingerprint density at radius 1 is 1.22 bits per heavy atom. The van der Waals surface area contributed by atoms with Crippen molar-refractivity contribution in [2.75, 3.05) is 7.05 Å². The molecule has 1 nitrogen and oxygen atoms in total. The van der Waals surface area contributed by atoms with E-state index in [1.165, 1.54) is 12.1 Å². The van der Waals surface area contributed by atoms with Crippen LogP contribution in [-0.2, 0) is 0 Å². The van der Waals surface area contributed by atoms with E-state index in [1.807, 2.05) is 0 Å². The first-order chi connectivity index (χ1) is 4.33. The van der Waals surface area contributed by atoms with Gasteiger partial charge in [0.2, 0.25) is 0 Å². The van der Waals surface area contributed by atoms with Crippen LogP contribution < -0.4 is 5.32 Å². The second-order valence-electron chi connectivity index (χ2n) is 1.70. The molecule has 0 aliphatic heterocycles. The summed E-state index contributed by atoms with van der Waals surface area (Å²) in [6, 6.07) is 6.05. The van der Waals surface area contributed by atoms with Gasteiger partial charge >= 0.3 is 0 Å². The molecule has 0 heterocycles. The second kappa shape index (κ2) is 2.49. The Labute approximate surface area is 53.5 Å². The molecule has 2 heteroatoms. The highest BCUT2D eigenvalue weighted by molar-refractivity contribution is 5.34. The van der Waals surface area contributed by atoms with E-state index in [4.69, 9.17) is 0 Å². The maximum Gasteiger partial charge on any atom is 0.123 e. The van der Waals surface area contributed by atoms with Crippen molar-refractivity contribution in [1.82, 2.24) is 5.32 Å². The Morgan fingerprint density at radius 2 is 1.78 bits per heavy atom. The molecular formula is C7H7FN. The SMILES string of the molecule is C[N]c1ccc(F)cc1. The molecule has 1 aromatic carbocycles. The van der Waals surface area contributed by atoms with Gasteiger partial charge in [-0.1, -0.05) is 0 Å². The van der Waals surface area contributed by atoms with Crippen molar-refractivity contribution in [3.8, 4) is 0 Å². The zero-order chi connectivity index (χ0) is 6.69. The molecule has 0 saturated heterocycles. The summed E-state index contributed by atoms with van der Waals surface area (Å²) >= 11 is 0. The first kappa shape index (κ1) is 6.08. The quantitative estimate of drug-likeness (QED) is 0.541. The van der Waals surface area contributed by atoms with Crippen LogP contribution in [0.5, 0.6) is 0 Å². The zero-order valence-corrected chi connectivity index (χ0v) is 5.13. The van der Waals surface area contributed by atoms with E-state index in [2.05, 4.69) is 5.32 Å². The summed E-state index contributed by atoms with van der Waals surface area (Å²) in [5, 5.41) is 3.84. The van der Waals surface area contributed by atoms with Crippen LogP contribution in [0.15, 0.2) is 24.3 Å². The molecule has 0 bridgehead atoms. The van der Waals surface area contributed by atoms with Crippen molar-refractivity contribution in [3.05, 3.63) is 30.1 Å². The van der Waals surface area contributed by atoms with Gasteiger partial charge in [0.1, 0.15) is 5.82 Å². The maximum absolute atomic E-state index is 12.2. The Kier molecular flexibility index (Phi) is 1.68. The van der Waals surface area contributed by atoms with Gasteiger partial charge in [0.25, 0.3) is 0 Å². The average Bonchev–Trinajstić information content (AvgIpc) is 1.90. The van der Waals surface area contributed by atoms with Crippen molar-refractivity contribution >= 4 is 5.69 Å². The number of rotatable bonds is 1. The lowest BCUT2D eigenvalue weighted by atomic mass is 10.3. The van der Waals surface area contributed by atoms with Crippen LogP contribution in [0, 0.1) is 5.82 Å². The van der Waals surface area contributed by atoms with E-state index < -0.39 is 0 Å². The fraction of sp³-hybridized carbons (Fsp3) is 0.143.